The standard InChI is InChI=1S/C15H24N2OS2/c1-4-12-9-13(18-3)14(20-12)15(19)16-10-11-7-6-8-17(11)5-2/h9,11H,4-8,10H2,1-3H3,(H,16,19). The number of likely N-dealkylation sites (N-methyl/N-ethyl adjacent to an activating group) is 1. The van der Waals surface area contributed by atoms with Gasteiger partial charge in [-0.2, -0.15) is 0 Å². The van der Waals surface area contributed by atoms with Crippen molar-refractivity contribution in [3.63, 3.8) is 0 Å². The number of thiophene rings is 1. The van der Waals surface area contributed by atoms with Gasteiger partial charge in [0, 0.05) is 17.5 Å². The molecule has 1 fully saturated rings. The summed E-state index contributed by atoms with van der Waals surface area (Å²) >= 11 is 7.28. The number of likely N-dealkylation sites (tertiary alicyclic amines) is 1. The van der Waals surface area contributed by atoms with E-state index in [1.54, 1.807) is 18.4 Å². The number of hydrogen-bond acceptors (Lipinski definition) is 4. The molecule has 0 amide bonds. The summed E-state index contributed by atoms with van der Waals surface area (Å²) in [6, 6.07) is 2.72. The van der Waals surface area contributed by atoms with Crippen molar-refractivity contribution < 1.29 is 4.74 Å². The Morgan fingerprint density at radius 3 is 3.00 bits per heavy atom. The monoisotopic (exact) mass is 312 g/mol. The molecule has 0 spiro atoms. The van der Waals surface area contributed by atoms with Gasteiger partial charge in [-0.3, -0.25) is 4.90 Å². The topological polar surface area (TPSA) is 24.5 Å². The maximum atomic E-state index is 5.55. The van der Waals surface area contributed by atoms with E-state index in [0.717, 1.165) is 35.1 Å². The van der Waals surface area contributed by atoms with Crippen LogP contribution in [0.2, 0.25) is 0 Å². The molecule has 1 saturated heterocycles. The van der Waals surface area contributed by atoms with E-state index in [1.807, 2.05) is 0 Å². The predicted octanol–water partition coefficient (Wildman–Crippen LogP) is 3.07. The van der Waals surface area contributed by atoms with E-state index in [1.165, 1.54) is 24.3 Å². The Hall–Kier alpha value is -0.650. The molecule has 2 rings (SSSR count). The van der Waals surface area contributed by atoms with E-state index >= 15 is 0 Å². The Labute approximate surface area is 131 Å². The lowest BCUT2D eigenvalue weighted by Crippen LogP contribution is -2.39. The Balaban J connectivity index is 1.96. The van der Waals surface area contributed by atoms with E-state index in [-0.39, 0.29) is 0 Å². The van der Waals surface area contributed by atoms with E-state index in [9.17, 15) is 0 Å². The molecule has 0 aromatic carbocycles. The number of methoxy groups -OCH3 is 1. The van der Waals surface area contributed by atoms with Crippen molar-refractivity contribution in [1.29, 1.82) is 0 Å². The van der Waals surface area contributed by atoms with Crippen LogP contribution in [0, 0.1) is 0 Å². The van der Waals surface area contributed by atoms with Gasteiger partial charge in [0.15, 0.2) is 0 Å². The Morgan fingerprint density at radius 2 is 2.35 bits per heavy atom. The fourth-order valence-corrected chi connectivity index (χ4v) is 4.03. The molecule has 1 unspecified atom stereocenters. The van der Waals surface area contributed by atoms with Crippen molar-refractivity contribution in [2.45, 2.75) is 39.2 Å². The highest BCUT2D eigenvalue weighted by Gasteiger charge is 2.23. The third kappa shape index (κ3) is 3.51. The highest BCUT2D eigenvalue weighted by Crippen LogP contribution is 2.30. The lowest BCUT2D eigenvalue weighted by atomic mass is 10.2. The van der Waals surface area contributed by atoms with Gasteiger partial charge >= 0.3 is 0 Å². The van der Waals surface area contributed by atoms with Crippen molar-refractivity contribution in [3.05, 3.63) is 15.8 Å². The molecular weight excluding hydrogens is 288 g/mol. The zero-order chi connectivity index (χ0) is 14.5. The minimum Gasteiger partial charge on any atom is -0.495 e. The van der Waals surface area contributed by atoms with Crippen molar-refractivity contribution in [1.82, 2.24) is 10.2 Å². The molecule has 1 N–H and O–H groups in total. The van der Waals surface area contributed by atoms with Crippen LogP contribution in [0.25, 0.3) is 0 Å². The first-order chi connectivity index (χ1) is 9.69. The molecule has 1 aromatic rings. The molecule has 20 heavy (non-hydrogen) atoms. The van der Waals surface area contributed by atoms with Crippen molar-refractivity contribution >= 4 is 28.5 Å². The fourth-order valence-electron chi connectivity index (χ4n) is 2.74. The summed E-state index contributed by atoms with van der Waals surface area (Å²) in [6.45, 7) is 7.67. The van der Waals surface area contributed by atoms with Gasteiger partial charge in [-0.15, -0.1) is 11.3 Å². The molecule has 2 heterocycles. The minimum atomic E-state index is 0.620. The lowest BCUT2D eigenvalue weighted by Gasteiger charge is -2.23. The number of nitrogens with one attached hydrogen (secondary N) is 1. The van der Waals surface area contributed by atoms with Crippen LogP contribution in [0.5, 0.6) is 5.75 Å². The number of ether oxygens (including phenoxy) is 1. The molecule has 5 heteroatoms. The largest absolute Gasteiger partial charge is 0.495 e. The van der Waals surface area contributed by atoms with Crippen LogP contribution in [0.3, 0.4) is 0 Å². The highest BCUT2D eigenvalue weighted by molar-refractivity contribution is 7.81. The molecule has 1 atom stereocenters. The third-order valence-corrected chi connectivity index (χ3v) is 5.68. The maximum absolute atomic E-state index is 5.55. The molecule has 1 aliphatic rings. The molecule has 112 valence electrons. The zero-order valence-electron chi connectivity index (χ0n) is 12.6. The van der Waals surface area contributed by atoms with E-state index in [0.29, 0.717) is 6.04 Å². The fraction of sp³-hybridized carbons (Fsp3) is 0.667. The highest BCUT2D eigenvalue weighted by atomic mass is 32.1. The number of nitrogens with zero attached hydrogens (tertiary/aromatic N) is 1. The van der Waals surface area contributed by atoms with Gasteiger partial charge in [0.25, 0.3) is 0 Å². The van der Waals surface area contributed by atoms with Gasteiger partial charge in [-0.05, 0) is 38.4 Å². The normalized spacial score (nSPS) is 19.2. The van der Waals surface area contributed by atoms with Crippen LogP contribution >= 0.6 is 23.6 Å². The first-order valence-electron chi connectivity index (χ1n) is 7.38. The van der Waals surface area contributed by atoms with Gasteiger partial charge in [0.1, 0.15) is 15.6 Å². The maximum Gasteiger partial charge on any atom is 0.140 e. The molecule has 1 aromatic heterocycles. The zero-order valence-corrected chi connectivity index (χ0v) is 14.2. The van der Waals surface area contributed by atoms with Gasteiger partial charge in [0.2, 0.25) is 0 Å². The second kappa shape index (κ2) is 7.38. The second-order valence-corrected chi connectivity index (χ2v) is 6.64. The molecular formula is C15H24N2OS2. The third-order valence-electron chi connectivity index (χ3n) is 3.93. The predicted molar refractivity (Wildman–Crippen MR) is 90.2 cm³/mol. The van der Waals surface area contributed by atoms with Gasteiger partial charge in [-0.25, -0.2) is 0 Å². The Morgan fingerprint density at radius 1 is 1.55 bits per heavy atom. The lowest BCUT2D eigenvalue weighted by molar-refractivity contribution is 0.267. The van der Waals surface area contributed by atoms with E-state index in [2.05, 4.69) is 30.1 Å². The SMILES string of the molecule is CCc1cc(OC)c(C(=S)NCC2CCCN2CC)s1. The van der Waals surface area contributed by atoms with Gasteiger partial charge in [0.05, 0.1) is 7.11 Å². The molecule has 0 aliphatic carbocycles. The summed E-state index contributed by atoms with van der Waals surface area (Å²) < 4.78 is 5.44. The van der Waals surface area contributed by atoms with Crippen molar-refractivity contribution in [2.75, 3.05) is 26.7 Å². The van der Waals surface area contributed by atoms with Gasteiger partial charge in [-0.1, -0.05) is 26.1 Å². The summed E-state index contributed by atoms with van der Waals surface area (Å²) in [5.41, 5.74) is 0. The smallest absolute Gasteiger partial charge is 0.140 e. The molecule has 0 saturated carbocycles. The van der Waals surface area contributed by atoms with Crippen LogP contribution in [0.15, 0.2) is 6.07 Å². The number of hydrogen-bond donors (Lipinski definition) is 1. The van der Waals surface area contributed by atoms with Crippen LogP contribution in [0.1, 0.15) is 36.4 Å². The summed E-state index contributed by atoms with van der Waals surface area (Å²) in [4.78, 5) is 5.74. The summed E-state index contributed by atoms with van der Waals surface area (Å²) in [5, 5.41) is 3.44. The summed E-state index contributed by atoms with van der Waals surface area (Å²) in [6.07, 6.45) is 3.59. The minimum absolute atomic E-state index is 0.620. The van der Waals surface area contributed by atoms with E-state index < -0.39 is 0 Å². The van der Waals surface area contributed by atoms with Crippen LogP contribution in [-0.2, 0) is 6.42 Å². The van der Waals surface area contributed by atoms with Gasteiger partial charge < -0.3 is 10.1 Å². The summed E-state index contributed by atoms with van der Waals surface area (Å²) in [5.74, 6) is 0.906. The molecule has 3 nitrogen and oxygen atoms in total. The Kier molecular flexibility index (Phi) is 5.81. The second-order valence-electron chi connectivity index (χ2n) is 5.10. The van der Waals surface area contributed by atoms with Crippen LogP contribution in [-0.4, -0.2) is 42.7 Å². The van der Waals surface area contributed by atoms with Crippen LogP contribution < -0.4 is 10.1 Å². The number of thiocarbonyl (C=S) groups is 1. The quantitative estimate of drug-likeness (QED) is 0.816. The summed E-state index contributed by atoms with van der Waals surface area (Å²) in [7, 11) is 1.71. The van der Waals surface area contributed by atoms with Crippen molar-refractivity contribution in [3.8, 4) is 5.75 Å². The average Bonchev–Trinajstić information content (AvgIpc) is 3.10. The molecule has 0 radical (unpaired) electrons. The first kappa shape index (κ1) is 15.7. The van der Waals surface area contributed by atoms with Crippen LogP contribution in [0.4, 0.5) is 0 Å². The number of aryl methyl sites for hydroxylation is 1. The number of rotatable bonds is 6. The molecule has 1 aliphatic heterocycles. The van der Waals surface area contributed by atoms with Crippen molar-refractivity contribution in [2.24, 2.45) is 0 Å². The molecule has 0 bridgehead atoms. The first-order valence-corrected chi connectivity index (χ1v) is 8.61. The van der Waals surface area contributed by atoms with E-state index in [4.69, 9.17) is 17.0 Å². The average molecular weight is 313 g/mol. The Bertz CT molecular complexity index is 459.